The quantitative estimate of drug-likeness (QED) is 0.760. The number of benzene rings is 1. The fourth-order valence-corrected chi connectivity index (χ4v) is 2.42. The van der Waals surface area contributed by atoms with Gasteiger partial charge in [-0.25, -0.2) is 0 Å². The highest BCUT2D eigenvalue weighted by atomic mass is 16.3. The molecule has 1 unspecified atom stereocenters. The summed E-state index contributed by atoms with van der Waals surface area (Å²) in [5.74, 6) is 0. The molecule has 0 bridgehead atoms. The van der Waals surface area contributed by atoms with Crippen LogP contribution in [0.5, 0.6) is 0 Å². The minimum absolute atomic E-state index is 0.247. The molecule has 3 heteroatoms. The molecule has 16 heavy (non-hydrogen) atoms. The molecule has 1 atom stereocenters. The van der Waals surface area contributed by atoms with E-state index in [1.165, 1.54) is 11.1 Å². The van der Waals surface area contributed by atoms with E-state index in [4.69, 9.17) is 5.73 Å². The Morgan fingerprint density at radius 3 is 2.81 bits per heavy atom. The zero-order valence-corrected chi connectivity index (χ0v) is 9.82. The van der Waals surface area contributed by atoms with Gasteiger partial charge in [0.05, 0.1) is 6.61 Å². The lowest BCUT2D eigenvalue weighted by Crippen LogP contribution is -2.33. The number of hydrogen-bond donors (Lipinski definition) is 2. The SMILES string of the molecule is CCCC(CO)N1Cc2ccc(N)cc2C1. The van der Waals surface area contributed by atoms with Crippen LogP contribution < -0.4 is 5.73 Å². The molecule has 88 valence electrons. The van der Waals surface area contributed by atoms with Gasteiger partial charge >= 0.3 is 0 Å². The van der Waals surface area contributed by atoms with E-state index < -0.39 is 0 Å². The van der Waals surface area contributed by atoms with E-state index in [0.29, 0.717) is 6.04 Å². The molecule has 1 aromatic rings. The Labute approximate surface area is 96.9 Å². The second-order valence-electron chi connectivity index (χ2n) is 4.56. The van der Waals surface area contributed by atoms with E-state index in [2.05, 4.69) is 24.0 Å². The van der Waals surface area contributed by atoms with Crippen LogP contribution in [0.1, 0.15) is 30.9 Å². The number of aliphatic hydroxyl groups is 1. The largest absolute Gasteiger partial charge is 0.399 e. The monoisotopic (exact) mass is 220 g/mol. The summed E-state index contributed by atoms with van der Waals surface area (Å²) in [7, 11) is 0. The van der Waals surface area contributed by atoms with E-state index in [0.717, 1.165) is 31.6 Å². The van der Waals surface area contributed by atoms with Crippen LogP contribution in [0.25, 0.3) is 0 Å². The van der Waals surface area contributed by atoms with Crippen LogP contribution in [-0.2, 0) is 13.1 Å². The Kier molecular flexibility index (Phi) is 3.46. The molecule has 1 aliphatic rings. The van der Waals surface area contributed by atoms with Crippen molar-refractivity contribution in [1.82, 2.24) is 4.90 Å². The third-order valence-corrected chi connectivity index (χ3v) is 3.33. The minimum Gasteiger partial charge on any atom is -0.399 e. The first-order chi connectivity index (χ1) is 7.74. The normalized spacial score (nSPS) is 17.4. The van der Waals surface area contributed by atoms with Gasteiger partial charge in [-0.2, -0.15) is 0 Å². The number of rotatable bonds is 4. The molecule has 0 aromatic heterocycles. The molecule has 1 aromatic carbocycles. The van der Waals surface area contributed by atoms with Gasteiger partial charge in [-0.05, 0) is 29.7 Å². The molecule has 0 spiro atoms. The summed E-state index contributed by atoms with van der Waals surface area (Å²) >= 11 is 0. The highest BCUT2D eigenvalue weighted by molar-refractivity contribution is 5.46. The van der Waals surface area contributed by atoms with Crippen LogP contribution in [0.2, 0.25) is 0 Å². The summed E-state index contributed by atoms with van der Waals surface area (Å²) in [4.78, 5) is 2.34. The van der Waals surface area contributed by atoms with Gasteiger partial charge in [0.25, 0.3) is 0 Å². The van der Waals surface area contributed by atoms with E-state index in [1.54, 1.807) is 0 Å². The van der Waals surface area contributed by atoms with E-state index in [1.807, 2.05) is 6.07 Å². The van der Waals surface area contributed by atoms with E-state index >= 15 is 0 Å². The summed E-state index contributed by atoms with van der Waals surface area (Å²) in [6.45, 7) is 4.27. The van der Waals surface area contributed by atoms with Gasteiger partial charge in [0.15, 0.2) is 0 Å². The number of nitrogens with zero attached hydrogens (tertiary/aromatic N) is 1. The lowest BCUT2D eigenvalue weighted by atomic mass is 10.1. The van der Waals surface area contributed by atoms with E-state index in [-0.39, 0.29) is 6.61 Å². The van der Waals surface area contributed by atoms with Crippen LogP contribution >= 0.6 is 0 Å². The van der Waals surface area contributed by atoms with Crippen molar-refractivity contribution in [2.24, 2.45) is 0 Å². The van der Waals surface area contributed by atoms with Crippen LogP contribution in [0.3, 0.4) is 0 Å². The van der Waals surface area contributed by atoms with Crippen LogP contribution in [0.4, 0.5) is 5.69 Å². The molecule has 3 N–H and O–H groups in total. The van der Waals surface area contributed by atoms with Crippen molar-refractivity contribution in [2.45, 2.75) is 38.9 Å². The molecule has 0 saturated heterocycles. The number of nitrogens with two attached hydrogens (primary N) is 1. The number of fused-ring (bicyclic) bond motifs is 1. The molecule has 0 amide bonds. The van der Waals surface area contributed by atoms with Crippen molar-refractivity contribution in [2.75, 3.05) is 12.3 Å². The van der Waals surface area contributed by atoms with Gasteiger partial charge in [0, 0.05) is 24.8 Å². The van der Waals surface area contributed by atoms with Gasteiger partial charge < -0.3 is 10.8 Å². The summed E-state index contributed by atoms with van der Waals surface area (Å²) < 4.78 is 0. The molecule has 0 aliphatic carbocycles. The van der Waals surface area contributed by atoms with Crippen molar-refractivity contribution < 1.29 is 5.11 Å². The van der Waals surface area contributed by atoms with Gasteiger partial charge in [-0.15, -0.1) is 0 Å². The highest BCUT2D eigenvalue weighted by Crippen LogP contribution is 2.27. The fourth-order valence-electron chi connectivity index (χ4n) is 2.42. The van der Waals surface area contributed by atoms with Gasteiger partial charge in [-0.3, -0.25) is 4.90 Å². The van der Waals surface area contributed by atoms with Crippen LogP contribution in [0, 0.1) is 0 Å². The number of nitrogen functional groups attached to an aromatic ring is 1. The van der Waals surface area contributed by atoms with Gasteiger partial charge in [0.1, 0.15) is 0 Å². The number of hydrogen-bond acceptors (Lipinski definition) is 3. The molecule has 0 radical (unpaired) electrons. The van der Waals surface area contributed by atoms with Crippen molar-refractivity contribution in [3.63, 3.8) is 0 Å². The smallest absolute Gasteiger partial charge is 0.0587 e. The zero-order valence-electron chi connectivity index (χ0n) is 9.82. The third-order valence-electron chi connectivity index (χ3n) is 3.33. The maximum atomic E-state index is 9.38. The van der Waals surface area contributed by atoms with Gasteiger partial charge in [0.2, 0.25) is 0 Å². The molecule has 1 heterocycles. The summed E-state index contributed by atoms with van der Waals surface area (Å²) in [5, 5.41) is 9.38. The highest BCUT2D eigenvalue weighted by Gasteiger charge is 2.24. The van der Waals surface area contributed by atoms with Crippen molar-refractivity contribution in [3.8, 4) is 0 Å². The Morgan fingerprint density at radius 2 is 2.12 bits per heavy atom. The first kappa shape index (κ1) is 11.4. The van der Waals surface area contributed by atoms with Gasteiger partial charge in [-0.1, -0.05) is 19.4 Å². The Hall–Kier alpha value is -1.06. The molecule has 3 nitrogen and oxygen atoms in total. The number of anilines is 1. The molecule has 2 rings (SSSR count). The first-order valence-electron chi connectivity index (χ1n) is 5.96. The minimum atomic E-state index is 0.247. The number of aliphatic hydroxyl groups excluding tert-OH is 1. The molecular weight excluding hydrogens is 200 g/mol. The molecule has 1 aliphatic heterocycles. The standard InChI is InChI=1S/C13H20N2O/c1-2-3-13(9-16)15-7-10-4-5-12(14)6-11(10)8-15/h4-6,13,16H,2-3,7-9,14H2,1H3. The molecule has 0 fully saturated rings. The average Bonchev–Trinajstić information content (AvgIpc) is 2.68. The zero-order chi connectivity index (χ0) is 11.5. The van der Waals surface area contributed by atoms with Crippen LogP contribution in [0.15, 0.2) is 18.2 Å². The lowest BCUT2D eigenvalue weighted by molar-refractivity contribution is 0.114. The van der Waals surface area contributed by atoms with Crippen LogP contribution in [-0.4, -0.2) is 22.7 Å². The molecule has 0 saturated carbocycles. The maximum absolute atomic E-state index is 9.38. The predicted molar refractivity (Wildman–Crippen MR) is 65.9 cm³/mol. The van der Waals surface area contributed by atoms with E-state index in [9.17, 15) is 5.11 Å². The average molecular weight is 220 g/mol. The summed E-state index contributed by atoms with van der Waals surface area (Å²) in [5.41, 5.74) is 9.27. The van der Waals surface area contributed by atoms with Crippen molar-refractivity contribution >= 4 is 5.69 Å². The third kappa shape index (κ3) is 2.20. The van der Waals surface area contributed by atoms with Crippen molar-refractivity contribution in [1.29, 1.82) is 0 Å². The maximum Gasteiger partial charge on any atom is 0.0587 e. The topological polar surface area (TPSA) is 49.5 Å². The Bertz CT molecular complexity index is 365. The Morgan fingerprint density at radius 1 is 1.38 bits per heavy atom. The predicted octanol–water partition coefficient (Wildman–Crippen LogP) is 1.75. The fraction of sp³-hybridized carbons (Fsp3) is 0.538. The van der Waals surface area contributed by atoms with Crippen molar-refractivity contribution in [3.05, 3.63) is 29.3 Å². The lowest BCUT2D eigenvalue weighted by Gasteiger charge is -2.25. The second kappa shape index (κ2) is 4.85. The molecular formula is C13H20N2O. The summed E-state index contributed by atoms with van der Waals surface area (Å²) in [6, 6.07) is 6.40. The summed E-state index contributed by atoms with van der Waals surface area (Å²) in [6.07, 6.45) is 2.17. The Balaban J connectivity index is 2.09. The first-order valence-corrected chi connectivity index (χ1v) is 5.96. The second-order valence-corrected chi connectivity index (χ2v) is 4.56.